The monoisotopic (exact) mass is 415 g/mol. The molecule has 0 spiro atoms. The smallest absolute Gasteiger partial charge is 0.141 e. The first kappa shape index (κ1) is 22.2. The molecule has 1 aliphatic heterocycles. The van der Waals surface area contributed by atoms with Crippen LogP contribution >= 0.6 is 0 Å². The van der Waals surface area contributed by atoms with Crippen LogP contribution in [0, 0.1) is 0 Å². The van der Waals surface area contributed by atoms with E-state index >= 15 is 0 Å². The Bertz CT molecular complexity index is 1040. The lowest BCUT2D eigenvalue weighted by Crippen LogP contribution is -2.32. The highest BCUT2D eigenvalue weighted by atomic mass is 15.1. The summed E-state index contributed by atoms with van der Waals surface area (Å²) in [7, 11) is 0. The summed E-state index contributed by atoms with van der Waals surface area (Å²) >= 11 is 0. The Morgan fingerprint density at radius 1 is 1.16 bits per heavy atom. The maximum absolute atomic E-state index is 5.98. The summed E-state index contributed by atoms with van der Waals surface area (Å²) in [6, 6.07) is 8.48. The number of aromatic nitrogens is 1. The second kappa shape index (κ2) is 9.56. The van der Waals surface area contributed by atoms with Crippen molar-refractivity contribution in [3.8, 4) is 0 Å². The molecule has 1 aromatic heterocycles. The quantitative estimate of drug-likeness (QED) is 0.404. The molecule has 2 heterocycles. The molecule has 5 nitrogen and oxygen atoms in total. The molecule has 0 saturated heterocycles. The molecular formula is C26H33N5. The summed E-state index contributed by atoms with van der Waals surface area (Å²) in [5.74, 6) is 1.74. The van der Waals surface area contributed by atoms with Crippen molar-refractivity contribution in [1.29, 1.82) is 0 Å². The van der Waals surface area contributed by atoms with Gasteiger partial charge in [0, 0.05) is 28.9 Å². The van der Waals surface area contributed by atoms with Gasteiger partial charge < -0.3 is 21.4 Å². The van der Waals surface area contributed by atoms with E-state index in [2.05, 4.69) is 71.2 Å². The standard InChI is InChI=1S/C26H33N5/c1-16(2)7-14-24(17(3)27)30-18(4)22-11-8-21(9-12-22)10-13-23-15-28-26-25(23)19(5)29-20(6)31-26/h8-9,11-12,15,24,28,30H,1,3-5,7,10,13-14,27H2,2,6H3,(H,29,31). The van der Waals surface area contributed by atoms with Gasteiger partial charge in [-0.2, -0.15) is 0 Å². The van der Waals surface area contributed by atoms with Crippen LogP contribution in [0.5, 0.6) is 0 Å². The van der Waals surface area contributed by atoms with Crippen LogP contribution in [0.25, 0.3) is 11.4 Å². The van der Waals surface area contributed by atoms with Gasteiger partial charge in [0.25, 0.3) is 0 Å². The van der Waals surface area contributed by atoms with E-state index in [0.29, 0.717) is 5.70 Å². The van der Waals surface area contributed by atoms with E-state index in [1.807, 2.05) is 20.0 Å². The summed E-state index contributed by atoms with van der Waals surface area (Å²) in [6.07, 6.45) is 5.63. The maximum Gasteiger partial charge on any atom is 0.141 e. The highest BCUT2D eigenvalue weighted by Gasteiger charge is 2.18. The van der Waals surface area contributed by atoms with Crippen molar-refractivity contribution in [2.45, 2.75) is 45.6 Å². The zero-order chi connectivity index (χ0) is 22.5. The Morgan fingerprint density at radius 3 is 2.52 bits per heavy atom. The van der Waals surface area contributed by atoms with Crippen LogP contribution in [0.4, 0.5) is 5.82 Å². The number of amidine groups is 1. The van der Waals surface area contributed by atoms with Crippen molar-refractivity contribution in [2.24, 2.45) is 10.7 Å². The highest BCUT2D eigenvalue weighted by Crippen LogP contribution is 2.31. The van der Waals surface area contributed by atoms with Crippen LogP contribution < -0.4 is 16.4 Å². The largest absolute Gasteiger partial charge is 0.401 e. The first-order chi connectivity index (χ1) is 14.7. The number of hydrogen-bond acceptors (Lipinski definition) is 4. The minimum atomic E-state index is -0.0170. The number of nitrogens with one attached hydrogen (secondary N) is 3. The zero-order valence-electron chi connectivity index (χ0n) is 18.6. The molecular weight excluding hydrogens is 382 g/mol. The van der Waals surface area contributed by atoms with E-state index in [1.54, 1.807) is 0 Å². The number of fused-ring (bicyclic) bond motifs is 1. The van der Waals surface area contributed by atoms with Gasteiger partial charge in [-0.15, -0.1) is 6.58 Å². The predicted octanol–water partition coefficient (Wildman–Crippen LogP) is 5.18. The fourth-order valence-corrected chi connectivity index (χ4v) is 3.74. The third-order valence-electron chi connectivity index (χ3n) is 5.50. The minimum Gasteiger partial charge on any atom is -0.401 e. The minimum absolute atomic E-state index is 0.0170. The lowest BCUT2D eigenvalue weighted by atomic mass is 10.00. The van der Waals surface area contributed by atoms with Gasteiger partial charge in [0.05, 0.1) is 6.04 Å². The number of allylic oxidation sites excluding steroid dienone is 1. The van der Waals surface area contributed by atoms with Gasteiger partial charge in [0.15, 0.2) is 0 Å². The zero-order valence-corrected chi connectivity index (χ0v) is 18.6. The summed E-state index contributed by atoms with van der Waals surface area (Å²) in [5.41, 5.74) is 14.1. The molecule has 31 heavy (non-hydrogen) atoms. The molecule has 5 heteroatoms. The molecule has 1 aromatic carbocycles. The van der Waals surface area contributed by atoms with Gasteiger partial charge in [-0.25, -0.2) is 4.99 Å². The molecule has 0 saturated carbocycles. The Balaban J connectivity index is 1.61. The summed E-state index contributed by atoms with van der Waals surface area (Å²) in [6.45, 7) is 20.2. The van der Waals surface area contributed by atoms with Crippen molar-refractivity contribution < 1.29 is 0 Å². The molecule has 0 radical (unpaired) electrons. The van der Waals surface area contributed by atoms with Gasteiger partial charge in [0.2, 0.25) is 0 Å². The summed E-state index contributed by atoms with van der Waals surface area (Å²) < 4.78 is 0. The van der Waals surface area contributed by atoms with Crippen molar-refractivity contribution in [2.75, 3.05) is 0 Å². The first-order valence-corrected chi connectivity index (χ1v) is 10.6. The molecule has 0 amide bonds. The van der Waals surface area contributed by atoms with E-state index in [1.165, 1.54) is 11.1 Å². The number of aryl methyl sites for hydroxylation is 2. The Labute approximate surface area is 185 Å². The Kier molecular flexibility index (Phi) is 6.85. The fraction of sp³-hybridized carbons (Fsp3) is 0.269. The van der Waals surface area contributed by atoms with Crippen molar-refractivity contribution in [1.82, 2.24) is 15.6 Å². The number of benzene rings is 1. The van der Waals surface area contributed by atoms with E-state index < -0.39 is 0 Å². The van der Waals surface area contributed by atoms with E-state index in [-0.39, 0.29) is 6.04 Å². The van der Waals surface area contributed by atoms with Crippen molar-refractivity contribution >= 4 is 23.0 Å². The molecule has 3 rings (SSSR count). The molecule has 5 N–H and O–H groups in total. The average Bonchev–Trinajstić information content (AvgIpc) is 3.12. The Morgan fingerprint density at radius 2 is 1.87 bits per heavy atom. The van der Waals surface area contributed by atoms with Gasteiger partial charge in [-0.05, 0) is 56.2 Å². The van der Waals surface area contributed by atoms with Crippen molar-refractivity contribution in [3.63, 3.8) is 0 Å². The van der Waals surface area contributed by atoms with Gasteiger partial charge in [0.1, 0.15) is 11.7 Å². The van der Waals surface area contributed by atoms with Crippen LogP contribution in [0.2, 0.25) is 0 Å². The van der Waals surface area contributed by atoms with Gasteiger partial charge >= 0.3 is 0 Å². The third-order valence-corrected chi connectivity index (χ3v) is 5.50. The molecule has 0 bridgehead atoms. The lowest BCUT2D eigenvalue weighted by Gasteiger charge is -2.21. The number of rotatable bonds is 10. The van der Waals surface area contributed by atoms with Gasteiger partial charge in [-0.3, -0.25) is 0 Å². The Hall–Kier alpha value is -3.47. The van der Waals surface area contributed by atoms with E-state index in [0.717, 1.165) is 65.4 Å². The molecule has 1 unspecified atom stereocenters. The number of aromatic amines is 1. The van der Waals surface area contributed by atoms with Gasteiger partial charge in [-0.1, -0.05) is 49.6 Å². The SMILES string of the molecule is C=C(C)CCC(NC(=C)c1ccc(CCc2c[nH]c3c2C(=C)NC(C)=N3)cc1)C(=C)N. The van der Waals surface area contributed by atoms with Crippen molar-refractivity contribution in [3.05, 3.63) is 90.3 Å². The van der Waals surface area contributed by atoms with Crippen LogP contribution in [-0.2, 0) is 12.8 Å². The number of hydrogen-bond donors (Lipinski definition) is 4. The number of aliphatic imine (C=N–C) groups is 1. The summed E-state index contributed by atoms with van der Waals surface area (Å²) in [4.78, 5) is 7.77. The third kappa shape index (κ3) is 5.57. The molecule has 2 aromatic rings. The van der Waals surface area contributed by atoms with E-state index in [9.17, 15) is 0 Å². The predicted molar refractivity (Wildman–Crippen MR) is 133 cm³/mol. The number of nitrogens with zero attached hydrogens (tertiary/aromatic N) is 1. The topological polar surface area (TPSA) is 78.2 Å². The molecule has 1 atom stereocenters. The maximum atomic E-state index is 5.98. The second-order valence-electron chi connectivity index (χ2n) is 8.28. The van der Waals surface area contributed by atoms with E-state index in [4.69, 9.17) is 5.73 Å². The molecule has 0 fully saturated rings. The van der Waals surface area contributed by atoms with Crippen LogP contribution in [0.1, 0.15) is 48.9 Å². The second-order valence-corrected chi connectivity index (χ2v) is 8.28. The van der Waals surface area contributed by atoms with Crippen LogP contribution in [-0.4, -0.2) is 16.9 Å². The normalized spacial score (nSPS) is 13.6. The fourth-order valence-electron chi connectivity index (χ4n) is 3.74. The van der Waals surface area contributed by atoms with Crippen LogP contribution in [0.3, 0.4) is 0 Å². The molecule has 0 aliphatic carbocycles. The molecule has 1 aliphatic rings. The highest BCUT2D eigenvalue weighted by molar-refractivity contribution is 5.96. The first-order valence-electron chi connectivity index (χ1n) is 10.6. The number of nitrogens with two attached hydrogens (primary N) is 1. The average molecular weight is 416 g/mol. The number of H-pyrrole nitrogens is 1. The van der Waals surface area contributed by atoms with Crippen LogP contribution in [0.15, 0.2) is 73.0 Å². The summed E-state index contributed by atoms with van der Waals surface area (Å²) in [5, 5.41) is 6.63. The molecule has 162 valence electrons. The lowest BCUT2D eigenvalue weighted by molar-refractivity contribution is 0.614.